The van der Waals surface area contributed by atoms with Crippen LogP contribution in [0.1, 0.15) is 5.56 Å². The first-order chi connectivity index (χ1) is 9.29. The summed E-state index contributed by atoms with van der Waals surface area (Å²) in [4.78, 5) is 16.2. The minimum absolute atomic E-state index is 0.284. The van der Waals surface area contributed by atoms with Gasteiger partial charge in [0.15, 0.2) is 0 Å². The molecule has 98 valence electrons. The molecule has 1 aromatic rings. The summed E-state index contributed by atoms with van der Waals surface area (Å²) in [6.07, 6.45) is 0. The first-order valence-corrected chi connectivity index (χ1v) is 6.13. The number of esters is 1. The highest BCUT2D eigenvalue weighted by Crippen LogP contribution is 2.22. The molecule has 0 radical (unpaired) electrons. The number of ether oxygens (including phenoxy) is 2. The normalized spacial score (nSPS) is 18.2. The molecular weight excluding hydrogens is 244 g/mol. The van der Waals surface area contributed by atoms with Gasteiger partial charge in [0, 0.05) is 17.7 Å². The summed E-state index contributed by atoms with van der Waals surface area (Å²) in [5, 5.41) is 3.08. The molecule has 2 aliphatic rings. The van der Waals surface area contributed by atoms with E-state index in [0.717, 1.165) is 22.6 Å². The molecular formula is C14H14N2O3. The van der Waals surface area contributed by atoms with Gasteiger partial charge in [0.05, 0.1) is 19.4 Å². The van der Waals surface area contributed by atoms with Gasteiger partial charge in [-0.25, -0.2) is 4.79 Å². The van der Waals surface area contributed by atoms with Crippen LogP contribution in [0.2, 0.25) is 0 Å². The van der Waals surface area contributed by atoms with Gasteiger partial charge in [-0.05, 0) is 24.3 Å². The molecule has 0 aliphatic carbocycles. The Morgan fingerprint density at radius 3 is 2.84 bits per heavy atom. The lowest BCUT2D eigenvalue weighted by Crippen LogP contribution is -2.21. The first kappa shape index (κ1) is 11.8. The van der Waals surface area contributed by atoms with E-state index in [1.807, 2.05) is 24.3 Å². The maximum Gasteiger partial charge on any atom is 0.355 e. The number of cyclic esters (lactones) is 1. The number of nitrogens with zero attached hydrogens (tertiary/aromatic N) is 1. The molecule has 0 saturated heterocycles. The summed E-state index contributed by atoms with van der Waals surface area (Å²) in [7, 11) is 1.63. The van der Waals surface area contributed by atoms with Crippen molar-refractivity contribution >= 4 is 11.7 Å². The quantitative estimate of drug-likeness (QED) is 0.801. The van der Waals surface area contributed by atoms with Gasteiger partial charge in [-0.1, -0.05) is 0 Å². The Morgan fingerprint density at radius 1 is 1.32 bits per heavy atom. The Balaban J connectivity index is 2.01. The Kier molecular flexibility index (Phi) is 2.95. The van der Waals surface area contributed by atoms with Crippen molar-refractivity contribution in [3.63, 3.8) is 0 Å². The van der Waals surface area contributed by atoms with Crippen molar-refractivity contribution in [1.29, 1.82) is 0 Å². The van der Waals surface area contributed by atoms with E-state index in [4.69, 9.17) is 9.47 Å². The van der Waals surface area contributed by atoms with Gasteiger partial charge in [-0.2, -0.15) is 0 Å². The molecule has 5 heteroatoms. The van der Waals surface area contributed by atoms with E-state index < -0.39 is 0 Å². The smallest absolute Gasteiger partial charge is 0.355 e. The molecule has 1 N–H and O–H groups in total. The highest BCUT2D eigenvalue weighted by atomic mass is 16.5. The first-order valence-electron chi connectivity index (χ1n) is 6.13. The monoisotopic (exact) mass is 258 g/mol. The van der Waals surface area contributed by atoms with E-state index in [1.54, 1.807) is 7.11 Å². The standard InChI is InChI=1S/C14H14N2O3/c1-18-10-4-2-9(3-5-10)12-11-8-19-14(17)13(11)16-7-6-15-12/h2-5,16H,6-8H2,1H3. The van der Waals surface area contributed by atoms with Crippen molar-refractivity contribution in [2.45, 2.75) is 0 Å². The van der Waals surface area contributed by atoms with Crippen LogP contribution in [-0.2, 0) is 9.53 Å². The van der Waals surface area contributed by atoms with Gasteiger partial charge < -0.3 is 14.8 Å². The van der Waals surface area contributed by atoms with Gasteiger partial charge in [0.1, 0.15) is 18.1 Å². The molecule has 3 rings (SSSR count). The summed E-state index contributed by atoms with van der Waals surface area (Å²) in [6.45, 7) is 1.57. The third-order valence-electron chi connectivity index (χ3n) is 3.19. The number of aliphatic imine (C=N–C) groups is 1. The van der Waals surface area contributed by atoms with E-state index in [-0.39, 0.29) is 12.6 Å². The Hall–Kier alpha value is -2.30. The van der Waals surface area contributed by atoms with Crippen molar-refractivity contribution in [3.05, 3.63) is 41.1 Å². The number of hydrogen-bond donors (Lipinski definition) is 1. The molecule has 0 saturated carbocycles. The Bertz CT molecular complexity index is 573. The van der Waals surface area contributed by atoms with E-state index in [0.29, 0.717) is 18.8 Å². The number of methoxy groups -OCH3 is 1. The topological polar surface area (TPSA) is 59.9 Å². The van der Waals surface area contributed by atoms with E-state index in [9.17, 15) is 4.79 Å². The van der Waals surface area contributed by atoms with Gasteiger partial charge in [-0.3, -0.25) is 4.99 Å². The number of nitrogens with one attached hydrogen (secondary N) is 1. The van der Waals surface area contributed by atoms with E-state index in [2.05, 4.69) is 10.3 Å². The summed E-state index contributed by atoms with van der Waals surface area (Å²) < 4.78 is 10.2. The molecule has 0 spiro atoms. The number of hydrogen-bond acceptors (Lipinski definition) is 5. The van der Waals surface area contributed by atoms with Crippen molar-refractivity contribution in [3.8, 4) is 5.75 Å². The van der Waals surface area contributed by atoms with Crippen LogP contribution in [0.5, 0.6) is 5.75 Å². The van der Waals surface area contributed by atoms with Crippen LogP contribution in [0.15, 0.2) is 40.5 Å². The molecule has 1 aromatic carbocycles. The van der Waals surface area contributed by atoms with Crippen molar-refractivity contribution < 1.29 is 14.3 Å². The average molecular weight is 258 g/mol. The zero-order valence-corrected chi connectivity index (χ0v) is 10.6. The number of carbonyl (C=O) groups excluding carboxylic acids is 1. The molecule has 0 bridgehead atoms. The second-order valence-electron chi connectivity index (χ2n) is 4.32. The highest BCUT2D eigenvalue weighted by molar-refractivity contribution is 6.17. The Labute approximate surface area is 110 Å². The van der Waals surface area contributed by atoms with E-state index >= 15 is 0 Å². The molecule has 0 atom stereocenters. The minimum Gasteiger partial charge on any atom is -0.497 e. The number of rotatable bonds is 2. The molecule has 0 aromatic heterocycles. The summed E-state index contributed by atoms with van der Waals surface area (Å²) >= 11 is 0. The van der Waals surface area contributed by atoms with Crippen LogP contribution < -0.4 is 10.1 Å². The van der Waals surface area contributed by atoms with Crippen LogP contribution in [-0.4, -0.2) is 38.5 Å². The van der Waals surface area contributed by atoms with Crippen molar-refractivity contribution in [2.75, 3.05) is 26.8 Å². The molecule has 5 nitrogen and oxygen atoms in total. The zero-order chi connectivity index (χ0) is 13.2. The fourth-order valence-corrected chi connectivity index (χ4v) is 2.23. The lowest BCUT2D eigenvalue weighted by Gasteiger charge is -2.07. The van der Waals surface area contributed by atoms with Gasteiger partial charge in [-0.15, -0.1) is 0 Å². The average Bonchev–Trinajstić information content (AvgIpc) is 2.69. The summed E-state index contributed by atoms with van der Waals surface area (Å²) in [5.41, 5.74) is 3.18. The summed E-state index contributed by atoms with van der Waals surface area (Å²) in [6, 6.07) is 7.65. The van der Waals surface area contributed by atoms with Crippen LogP contribution in [0, 0.1) is 0 Å². The SMILES string of the molecule is COc1ccc(C2=NCCNC3=C2COC3=O)cc1. The lowest BCUT2D eigenvalue weighted by atomic mass is 10.0. The minimum atomic E-state index is -0.293. The molecule has 2 aliphatic heterocycles. The second kappa shape index (κ2) is 4.76. The van der Waals surface area contributed by atoms with Crippen LogP contribution in [0.3, 0.4) is 0 Å². The third-order valence-corrected chi connectivity index (χ3v) is 3.19. The van der Waals surface area contributed by atoms with Gasteiger partial charge in [0.25, 0.3) is 0 Å². The molecule has 19 heavy (non-hydrogen) atoms. The predicted octanol–water partition coefficient (Wildman–Crippen LogP) is 0.898. The molecule has 0 fully saturated rings. The molecule has 0 amide bonds. The maximum atomic E-state index is 11.6. The lowest BCUT2D eigenvalue weighted by molar-refractivity contribution is -0.136. The molecule has 2 heterocycles. The third kappa shape index (κ3) is 2.07. The van der Waals surface area contributed by atoms with Crippen molar-refractivity contribution in [2.24, 2.45) is 4.99 Å². The largest absolute Gasteiger partial charge is 0.497 e. The fourth-order valence-electron chi connectivity index (χ4n) is 2.23. The Morgan fingerprint density at radius 2 is 2.11 bits per heavy atom. The van der Waals surface area contributed by atoms with Crippen LogP contribution >= 0.6 is 0 Å². The zero-order valence-electron chi connectivity index (χ0n) is 10.6. The van der Waals surface area contributed by atoms with Gasteiger partial charge in [0.2, 0.25) is 0 Å². The fraction of sp³-hybridized carbons (Fsp3) is 0.286. The molecule has 0 unspecified atom stereocenters. The predicted molar refractivity (Wildman–Crippen MR) is 70.4 cm³/mol. The number of benzene rings is 1. The van der Waals surface area contributed by atoms with Crippen LogP contribution in [0.4, 0.5) is 0 Å². The van der Waals surface area contributed by atoms with E-state index in [1.165, 1.54) is 0 Å². The summed E-state index contributed by atoms with van der Waals surface area (Å²) in [5.74, 6) is 0.502. The number of carbonyl (C=O) groups is 1. The second-order valence-corrected chi connectivity index (χ2v) is 4.32. The maximum absolute atomic E-state index is 11.6. The van der Waals surface area contributed by atoms with Crippen LogP contribution in [0.25, 0.3) is 0 Å². The van der Waals surface area contributed by atoms with Gasteiger partial charge >= 0.3 is 5.97 Å². The highest BCUT2D eigenvalue weighted by Gasteiger charge is 2.29. The van der Waals surface area contributed by atoms with Crippen molar-refractivity contribution in [1.82, 2.24) is 5.32 Å².